The van der Waals surface area contributed by atoms with Crippen LogP contribution in [-0.4, -0.2) is 45.9 Å². The van der Waals surface area contributed by atoms with Gasteiger partial charge in [-0.3, -0.25) is 0 Å². The molecule has 0 aliphatic rings. The van der Waals surface area contributed by atoms with Gasteiger partial charge in [-0.1, -0.05) is 23.9 Å². The number of carbonyl (C=O) groups excluding carboxylic acids is 2. The zero-order valence-corrected chi connectivity index (χ0v) is 16.3. The first-order valence-corrected chi connectivity index (χ1v) is 9.86. The predicted molar refractivity (Wildman–Crippen MR) is 103 cm³/mol. The molecule has 0 spiro atoms. The van der Waals surface area contributed by atoms with Gasteiger partial charge in [-0.25, -0.2) is 14.6 Å². The van der Waals surface area contributed by atoms with Crippen LogP contribution in [0.2, 0.25) is 0 Å². The average molecular weight is 387 g/mol. The molecule has 1 aromatic carbocycles. The Labute approximate surface area is 161 Å². The number of aromatic nitrogens is 3. The summed E-state index contributed by atoms with van der Waals surface area (Å²) in [6.45, 7) is 4.78. The highest BCUT2D eigenvalue weighted by Gasteiger charge is 2.17. The van der Waals surface area contributed by atoms with Gasteiger partial charge in [0.15, 0.2) is 10.8 Å². The first kappa shape index (κ1) is 19.0. The van der Waals surface area contributed by atoms with Gasteiger partial charge in [0, 0.05) is 0 Å². The second kappa shape index (κ2) is 8.30. The van der Waals surface area contributed by atoms with E-state index < -0.39 is 5.97 Å². The van der Waals surface area contributed by atoms with Crippen molar-refractivity contribution in [1.29, 1.82) is 0 Å². The van der Waals surface area contributed by atoms with E-state index in [1.54, 1.807) is 32.0 Å². The molecule has 0 amide bonds. The van der Waals surface area contributed by atoms with Crippen LogP contribution in [0.5, 0.6) is 0 Å². The maximum Gasteiger partial charge on any atom is 0.354 e. The molecule has 3 rings (SSSR count). The van der Waals surface area contributed by atoms with Crippen molar-refractivity contribution in [2.45, 2.75) is 25.5 Å². The summed E-state index contributed by atoms with van der Waals surface area (Å²) in [7, 11) is 0. The number of H-pyrrole nitrogens is 1. The molecule has 0 aliphatic heterocycles. The lowest BCUT2D eigenvalue weighted by Crippen LogP contribution is -2.06. The Hall–Kier alpha value is -2.74. The fourth-order valence-electron chi connectivity index (χ4n) is 2.75. The number of nitrogens with zero attached hydrogens (tertiary/aromatic N) is 2. The molecule has 0 atom stereocenters. The zero-order valence-electron chi connectivity index (χ0n) is 15.4. The molecule has 2 heterocycles. The molecule has 0 saturated carbocycles. The first-order chi connectivity index (χ1) is 13.1. The Bertz CT molecular complexity index is 959. The molecule has 0 fully saturated rings. The van der Waals surface area contributed by atoms with Gasteiger partial charge in [-0.15, -0.1) is 0 Å². The van der Waals surface area contributed by atoms with Gasteiger partial charge in [-0.05, 0) is 43.9 Å². The van der Waals surface area contributed by atoms with E-state index in [1.165, 1.54) is 11.8 Å². The Morgan fingerprint density at radius 1 is 1.11 bits per heavy atom. The number of thioether (sulfide) groups is 1. The molecule has 0 saturated heterocycles. The minimum absolute atomic E-state index is 0.318. The standard InChI is InChI=1S/C19H21N3O4S/c1-4-25-17(23)13-8-6-12(7-9-13)11-22-15-10-14(18(24)26-5-2)20-16(15)21-19(22)27-3/h6-10,20H,4-5,11H2,1-3H3. The Morgan fingerprint density at radius 3 is 2.41 bits per heavy atom. The van der Waals surface area contributed by atoms with Gasteiger partial charge < -0.3 is 19.0 Å². The van der Waals surface area contributed by atoms with Gasteiger partial charge >= 0.3 is 11.9 Å². The second-order valence-corrected chi connectivity index (χ2v) is 6.51. The van der Waals surface area contributed by atoms with Crippen LogP contribution >= 0.6 is 11.8 Å². The van der Waals surface area contributed by atoms with E-state index in [0.29, 0.717) is 36.7 Å². The normalized spacial score (nSPS) is 10.9. The van der Waals surface area contributed by atoms with Gasteiger partial charge in [0.05, 0.1) is 30.8 Å². The van der Waals surface area contributed by atoms with Crippen molar-refractivity contribution in [1.82, 2.24) is 14.5 Å². The molecule has 0 bridgehead atoms. The number of esters is 2. The quantitative estimate of drug-likeness (QED) is 0.493. The van der Waals surface area contributed by atoms with Crippen molar-refractivity contribution < 1.29 is 19.1 Å². The Balaban J connectivity index is 1.88. The number of carbonyl (C=O) groups is 2. The smallest absolute Gasteiger partial charge is 0.354 e. The topological polar surface area (TPSA) is 86.2 Å². The van der Waals surface area contributed by atoms with Crippen LogP contribution in [0, 0.1) is 0 Å². The summed E-state index contributed by atoms with van der Waals surface area (Å²) in [6, 6.07) is 9.04. The van der Waals surface area contributed by atoms with Gasteiger partial charge in [0.1, 0.15) is 5.69 Å². The monoisotopic (exact) mass is 387 g/mol. The van der Waals surface area contributed by atoms with Crippen LogP contribution in [-0.2, 0) is 16.0 Å². The minimum atomic E-state index is -0.397. The largest absolute Gasteiger partial charge is 0.462 e. The van der Waals surface area contributed by atoms with Crippen molar-refractivity contribution in [3.8, 4) is 0 Å². The molecule has 0 aliphatic carbocycles. The van der Waals surface area contributed by atoms with Crippen LogP contribution in [0.1, 0.15) is 40.3 Å². The number of fused-ring (bicyclic) bond motifs is 1. The van der Waals surface area contributed by atoms with E-state index in [4.69, 9.17) is 9.47 Å². The summed E-state index contributed by atoms with van der Waals surface area (Å²) in [5.41, 5.74) is 3.39. The number of ether oxygens (including phenoxy) is 2. The molecule has 27 heavy (non-hydrogen) atoms. The molecule has 0 unspecified atom stereocenters. The summed E-state index contributed by atoms with van der Waals surface area (Å²) in [5.74, 6) is -0.727. The lowest BCUT2D eigenvalue weighted by Gasteiger charge is -2.08. The van der Waals surface area contributed by atoms with E-state index in [1.807, 2.05) is 23.0 Å². The van der Waals surface area contributed by atoms with Crippen LogP contribution in [0.25, 0.3) is 11.2 Å². The predicted octanol–water partition coefficient (Wildman–Crippen LogP) is 3.49. The molecule has 1 N–H and O–H groups in total. The number of aromatic amines is 1. The summed E-state index contributed by atoms with van der Waals surface area (Å²) in [4.78, 5) is 31.3. The van der Waals surface area contributed by atoms with Crippen LogP contribution < -0.4 is 0 Å². The van der Waals surface area contributed by atoms with Gasteiger partial charge in [0.2, 0.25) is 0 Å². The molecule has 2 aromatic heterocycles. The Kier molecular flexibility index (Phi) is 5.85. The van der Waals surface area contributed by atoms with E-state index in [9.17, 15) is 9.59 Å². The summed E-state index contributed by atoms with van der Waals surface area (Å²) < 4.78 is 12.1. The highest BCUT2D eigenvalue weighted by atomic mass is 32.2. The molecule has 7 nitrogen and oxygen atoms in total. The number of hydrogen-bond donors (Lipinski definition) is 1. The van der Waals surface area contributed by atoms with Crippen LogP contribution in [0.4, 0.5) is 0 Å². The van der Waals surface area contributed by atoms with Crippen molar-refractivity contribution >= 4 is 34.9 Å². The molecule has 3 aromatic rings. The summed E-state index contributed by atoms with van der Waals surface area (Å²) in [6.07, 6.45) is 1.95. The summed E-state index contributed by atoms with van der Waals surface area (Å²) >= 11 is 1.53. The van der Waals surface area contributed by atoms with Crippen molar-refractivity contribution in [2.24, 2.45) is 0 Å². The summed E-state index contributed by atoms with van der Waals surface area (Å²) in [5, 5.41) is 0.834. The SMILES string of the molecule is CCOC(=O)c1ccc(Cn2c(SC)nc3[nH]c(C(=O)OCC)cc32)cc1. The number of hydrogen-bond acceptors (Lipinski definition) is 6. The van der Waals surface area contributed by atoms with Crippen molar-refractivity contribution in [3.05, 3.63) is 47.2 Å². The molecular weight excluding hydrogens is 366 g/mol. The molecule has 0 radical (unpaired) electrons. The third-order valence-corrected chi connectivity index (χ3v) is 4.67. The highest BCUT2D eigenvalue weighted by molar-refractivity contribution is 7.98. The van der Waals surface area contributed by atoms with E-state index >= 15 is 0 Å². The van der Waals surface area contributed by atoms with Crippen LogP contribution in [0.15, 0.2) is 35.5 Å². The molecule has 8 heteroatoms. The average Bonchev–Trinajstić information content (AvgIpc) is 3.22. The zero-order chi connectivity index (χ0) is 19.4. The first-order valence-electron chi connectivity index (χ1n) is 8.63. The number of imidazole rings is 1. The molecular formula is C19H21N3O4S. The Morgan fingerprint density at radius 2 is 1.78 bits per heavy atom. The van der Waals surface area contributed by atoms with Crippen LogP contribution in [0.3, 0.4) is 0 Å². The number of benzene rings is 1. The highest BCUT2D eigenvalue weighted by Crippen LogP contribution is 2.25. The second-order valence-electron chi connectivity index (χ2n) is 5.74. The van der Waals surface area contributed by atoms with Crippen molar-refractivity contribution in [2.75, 3.05) is 19.5 Å². The van der Waals surface area contributed by atoms with Crippen molar-refractivity contribution in [3.63, 3.8) is 0 Å². The maximum atomic E-state index is 12.0. The van der Waals surface area contributed by atoms with E-state index in [0.717, 1.165) is 16.2 Å². The van der Waals surface area contributed by atoms with Gasteiger partial charge in [0.25, 0.3) is 0 Å². The molecule has 142 valence electrons. The van der Waals surface area contributed by atoms with Gasteiger partial charge in [-0.2, -0.15) is 0 Å². The third kappa shape index (κ3) is 4.00. The lowest BCUT2D eigenvalue weighted by atomic mass is 10.1. The maximum absolute atomic E-state index is 12.0. The third-order valence-electron chi connectivity index (χ3n) is 3.99. The number of nitrogens with one attached hydrogen (secondary N) is 1. The van der Waals surface area contributed by atoms with E-state index in [-0.39, 0.29) is 5.97 Å². The fraction of sp³-hybridized carbons (Fsp3) is 0.316. The number of rotatable bonds is 7. The fourth-order valence-corrected chi connectivity index (χ4v) is 3.32. The van der Waals surface area contributed by atoms with E-state index in [2.05, 4.69) is 9.97 Å². The minimum Gasteiger partial charge on any atom is -0.462 e. The lowest BCUT2D eigenvalue weighted by molar-refractivity contribution is 0.0513.